The summed E-state index contributed by atoms with van der Waals surface area (Å²) in [6, 6.07) is 0. The molecule has 0 fully saturated rings. The molecular weight excluding hydrogens is 498 g/mol. The van der Waals surface area contributed by atoms with E-state index in [2.05, 4.69) is 0 Å². The largest absolute Gasteiger partial charge is 0.545 e. The standard InChI is InChI=1S/C18H37F3O7Si4/c1-16(2,3)12-17(13-18(19,20)21,25-15(24)11-10-14(22)23)32(26-29,27-30(4,5)6)28-31(7,8)9/h10-11H,12-13H2,1-9,29H3,(H,22,23)/p-1. The van der Waals surface area contributed by atoms with E-state index in [1.165, 1.54) is 0 Å². The first-order chi connectivity index (χ1) is 13.9. The molecule has 0 bridgehead atoms. The molecule has 0 amide bonds. The third kappa shape index (κ3) is 11.4. The number of carboxylic acids is 1. The number of carbonyl (C=O) groups excluding carboxylic acids is 2. The van der Waals surface area contributed by atoms with Gasteiger partial charge in [-0.3, -0.25) is 0 Å². The van der Waals surface area contributed by atoms with Gasteiger partial charge in [0.2, 0.25) is 0 Å². The Morgan fingerprint density at radius 3 is 1.62 bits per heavy atom. The molecule has 0 saturated heterocycles. The quantitative estimate of drug-likeness (QED) is 0.229. The number of rotatable bonds is 11. The lowest BCUT2D eigenvalue weighted by Gasteiger charge is -2.51. The molecule has 0 saturated carbocycles. The Labute approximate surface area is 194 Å². The number of esters is 1. The highest BCUT2D eigenvalue weighted by molar-refractivity contribution is 6.87. The summed E-state index contributed by atoms with van der Waals surface area (Å²) in [7, 11) is -9.53. The Morgan fingerprint density at radius 2 is 1.34 bits per heavy atom. The Morgan fingerprint density at radius 1 is 0.906 bits per heavy atom. The molecule has 1 unspecified atom stereocenters. The van der Waals surface area contributed by atoms with Crippen LogP contribution < -0.4 is 5.11 Å². The van der Waals surface area contributed by atoms with E-state index in [4.69, 9.17) is 17.1 Å². The molecule has 0 aliphatic carbocycles. The van der Waals surface area contributed by atoms with E-state index in [0.717, 1.165) is 0 Å². The molecule has 0 N–H and O–H groups in total. The first-order valence-corrected chi connectivity index (χ1v) is 19.4. The minimum absolute atomic E-state index is 0.0282. The van der Waals surface area contributed by atoms with Crippen LogP contribution in [0.1, 0.15) is 33.6 Å². The predicted molar refractivity (Wildman–Crippen MR) is 123 cm³/mol. The molecule has 14 heteroatoms. The highest BCUT2D eigenvalue weighted by atomic mass is 28.5. The molecule has 32 heavy (non-hydrogen) atoms. The molecule has 188 valence electrons. The average molecular weight is 534 g/mol. The summed E-state index contributed by atoms with van der Waals surface area (Å²) in [5.41, 5.74) is -0.756. The lowest BCUT2D eigenvalue weighted by atomic mass is 9.87. The van der Waals surface area contributed by atoms with E-state index in [1.54, 1.807) is 60.1 Å². The van der Waals surface area contributed by atoms with Crippen LogP contribution in [0.4, 0.5) is 13.2 Å². The lowest BCUT2D eigenvalue weighted by Crippen LogP contribution is -2.73. The van der Waals surface area contributed by atoms with Gasteiger partial charge in [0.05, 0.1) is 12.4 Å². The van der Waals surface area contributed by atoms with E-state index in [-0.39, 0.29) is 16.9 Å². The summed E-state index contributed by atoms with van der Waals surface area (Å²) in [5.74, 6) is -2.95. The van der Waals surface area contributed by atoms with Gasteiger partial charge >= 0.3 is 21.0 Å². The van der Waals surface area contributed by atoms with Crippen LogP contribution in [0.2, 0.25) is 39.3 Å². The molecule has 7 nitrogen and oxygen atoms in total. The van der Waals surface area contributed by atoms with Crippen molar-refractivity contribution in [3.05, 3.63) is 12.2 Å². The number of alkyl halides is 3. The van der Waals surface area contributed by atoms with Crippen LogP contribution in [0.5, 0.6) is 0 Å². The fourth-order valence-corrected chi connectivity index (χ4v) is 16.8. The van der Waals surface area contributed by atoms with Gasteiger partial charge in [0.25, 0.3) is 0 Å². The Kier molecular flexibility index (Phi) is 10.4. The van der Waals surface area contributed by atoms with Gasteiger partial charge in [-0.1, -0.05) is 20.8 Å². The van der Waals surface area contributed by atoms with Crippen molar-refractivity contribution in [1.82, 2.24) is 0 Å². The maximum Gasteiger partial charge on any atom is 0.515 e. The minimum Gasteiger partial charge on any atom is -0.545 e. The van der Waals surface area contributed by atoms with Crippen LogP contribution in [0, 0.1) is 5.41 Å². The SMILES string of the molecule is CC(C)(C)CC(CC(F)(F)F)(OC(=O)C=CC(=O)[O-])[Si](O[SiH3])(O[Si](C)(C)C)O[Si](C)(C)C. The average Bonchev–Trinajstić information content (AvgIpc) is 2.45. The third-order valence-corrected chi connectivity index (χ3v) is 14.4. The smallest absolute Gasteiger partial charge is 0.515 e. The van der Waals surface area contributed by atoms with E-state index in [1.807, 2.05) is 0 Å². The first-order valence-electron chi connectivity index (χ1n) is 10.1. The van der Waals surface area contributed by atoms with Crippen molar-refractivity contribution in [3.63, 3.8) is 0 Å². The van der Waals surface area contributed by atoms with Crippen molar-refractivity contribution in [1.29, 1.82) is 0 Å². The highest BCUT2D eigenvalue weighted by Crippen LogP contribution is 2.47. The van der Waals surface area contributed by atoms with Crippen molar-refractivity contribution in [2.75, 3.05) is 0 Å². The van der Waals surface area contributed by atoms with Gasteiger partial charge in [0.1, 0.15) is 10.5 Å². The predicted octanol–water partition coefficient (Wildman–Crippen LogP) is 2.44. The molecule has 0 aromatic rings. The van der Waals surface area contributed by atoms with E-state index < -0.39 is 60.6 Å². The lowest BCUT2D eigenvalue weighted by molar-refractivity contribution is -0.297. The van der Waals surface area contributed by atoms with Crippen molar-refractivity contribution in [3.8, 4) is 0 Å². The number of carboxylic acid groups (broad SMARTS) is 1. The van der Waals surface area contributed by atoms with Crippen LogP contribution in [0.3, 0.4) is 0 Å². The summed E-state index contributed by atoms with van der Waals surface area (Å²) in [6.45, 7) is 15.8. The molecule has 0 aromatic carbocycles. The molecule has 0 aliphatic rings. The topological polar surface area (TPSA) is 94.1 Å². The van der Waals surface area contributed by atoms with Crippen LogP contribution in [-0.4, -0.2) is 59.3 Å². The molecular formula is C18H36F3O7Si4-. The van der Waals surface area contributed by atoms with Crippen molar-refractivity contribution in [2.45, 2.75) is 84.3 Å². The zero-order chi connectivity index (χ0) is 25.8. The van der Waals surface area contributed by atoms with Crippen molar-refractivity contribution < 1.29 is 44.9 Å². The maximum absolute atomic E-state index is 14.0. The van der Waals surface area contributed by atoms with E-state index in [9.17, 15) is 27.9 Å². The van der Waals surface area contributed by atoms with Crippen LogP contribution >= 0.6 is 0 Å². The van der Waals surface area contributed by atoms with Gasteiger partial charge in [-0.05, 0) is 57.2 Å². The zero-order valence-electron chi connectivity index (χ0n) is 20.6. The first kappa shape index (κ1) is 31.2. The monoisotopic (exact) mass is 533 g/mol. The second-order valence-corrected chi connectivity index (χ2v) is 24.5. The van der Waals surface area contributed by atoms with Crippen LogP contribution in [-0.2, 0) is 26.7 Å². The molecule has 0 aliphatic heterocycles. The minimum atomic E-state index is -4.76. The number of ether oxygens (including phenoxy) is 1. The fraction of sp³-hybridized carbons (Fsp3) is 0.778. The molecule has 1 atom stereocenters. The number of carbonyl (C=O) groups is 2. The molecule has 0 rings (SSSR count). The van der Waals surface area contributed by atoms with E-state index >= 15 is 0 Å². The maximum atomic E-state index is 14.0. The fourth-order valence-electron chi connectivity index (χ4n) is 3.24. The number of hydrogen-bond donors (Lipinski definition) is 0. The van der Waals surface area contributed by atoms with E-state index in [0.29, 0.717) is 12.2 Å². The normalized spacial score (nSPS) is 16.2. The Balaban J connectivity index is 7.15. The zero-order valence-corrected chi connectivity index (χ0v) is 25.6. The van der Waals surface area contributed by atoms with Gasteiger partial charge in [-0.15, -0.1) is 0 Å². The van der Waals surface area contributed by atoms with Gasteiger partial charge in [0.15, 0.2) is 21.9 Å². The van der Waals surface area contributed by atoms with Gasteiger partial charge in [-0.2, -0.15) is 13.2 Å². The van der Waals surface area contributed by atoms with Gasteiger partial charge < -0.3 is 27.0 Å². The summed E-state index contributed by atoms with van der Waals surface area (Å²) >= 11 is 0. The molecule has 0 heterocycles. The Bertz CT molecular complexity index is 661. The summed E-state index contributed by atoms with van der Waals surface area (Å²) < 4.78 is 66.0. The van der Waals surface area contributed by atoms with Crippen molar-refractivity contribution in [2.24, 2.45) is 5.41 Å². The number of hydrogen-bond acceptors (Lipinski definition) is 7. The van der Waals surface area contributed by atoms with Gasteiger partial charge in [0, 0.05) is 6.08 Å². The molecule has 0 spiro atoms. The van der Waals surface area contributed by atoms with Crippen LogP contribution in [0.25, 0.3) is 0 Å². The second-order valence-electron chi connectivity index (χ2n) is 10.8. The third-order valence-electron chi connectivity index (χ3n) is 3.66. The number of aliphatic carboxylic acids is 1. The number of halogens is 3. The van der Waals surface area contributed by atoms with Crippen molar-refractivity contribution >= 4 is 47.9 Å². The van der Waals surface area contributed by atoms with Gasteiger partial charge in [-0.25, -0.2) is 4.79 Å². The summed E-state index contributed by atoms with van der Waals surface area (Å²) in [4.78, 5) is 23.3. The summed E-state index contributed by atoms with van der Waals surface area (Å²) in [5, 5.41) is 8.41. The molecule has 0 radical (unpaired) electrons. The summed E-state index contributed by atoms with van der Waals surface area (Å²) in [6.07, 6.45) is -5.65. The Hall–Kier alpha value is -0.782. The highest BCUT2D eigenvalue weighted by Gasteiger charge is 2.69. The van der Waals surface area contributed by atoms with Crippen LogP contribution in [0.15, 0.2) is 12.2 Å². The molecule has 0 aromatic heterocycles. The second kappa shape index (κ2) is 10.6.